The largest absolute Gasteiger partial charge is 0.465 e. The van der Waals surface area contributed by atoms with Gasteiger partial charge in [-0.1, -0.05) is 11.6 Å². The Morgan fingerprint density at radius 3 is 2.68 bits per heavy atom. The molecule has 1 aromatic carbocycles. The van der Waals surface area contributed by atoms with Gasteiger partial charge in [-0.3, -0.25) is 0 Å². The predicted molar refractivity (Wildman–Crippen MR) is 86.3 cm³/mol. The van der Waals surface area contributed by atoms with Crippen molar-refractivity contribution in [3.05, 3.63) is 28.8 Å². The van der Waals surface area contributed by atoms with Crippen LogP contribution in [-0.4, -0.2) is 51.5 Å². The summed E-state index contributed by atoms with van der Waals surface area (Å²) < 4.78 is 31.2. The predicted octanol–water partition coefficient (Wildman–Crippen LogP) is 1.53. The summed E-state index contributed by atoms with van der Waals surface area (Å²) >= 11 is 6.04. The molecule has 124 valence electrons. The monoisotopic (exact) mass is 368 g/mol. The zero-order valence-corrected chi connectivity index (χ0v) is 14.6. The summed E-state index contributed by atoms with van der Waals surface area (Å²) in [5.74, 6) is -0.559. The summed E-state index contributed by atoms with van der Waals surface area (Å²) in [5.41, 5.74) is 0.218. The maximum absolute atomic E-state index is 12.6. The number of carbonyl (C=O) groups excluding carboxylic acids is 1. The van der Waals surface area contributed by atoms with Gasteiger partial charge >= 0.3 is 5.97 Å². The van der Waals surface area contributed by atoms with Crippen LogP contribution in [0.15, 0.2) is 23.1 Å². The summed E-state index contributed by atoms with van der Waals surface area (Å²) in [4.78, 5) is 11.4. The van der Waals surface area contributed by atoms with E-state index < -0.39 is 16.0 Å². The fourth-order valence-electron chi connectivity index (χ4n) is 2.21. The van der Waals surface area contributed by atoms with Gasteiger partial charge in [0.05, 0.1) is 17.7 Å². The third-order valence-corrected chi connectivity index (χ3v) is 5.65. The van der Waals surface area contributed by atoms with Gasteiger partial charge in [0, 0.05) is 25.7 Å². The Hall–Kier alpha value is -0.860. The van der Waals surface area contributed by atoms with E-state index in [1.807, 2.05) is 6.92 Å². The quantitative estimate of drug-likeness (QED) is 0.818. The van der Waals surface area contributed by atoms with Crippen LogP contribution in [-0.2, 0) is 14.8 Å². The Labute approximate surface area is 141 Å². The second kappa shape index (κ2) is 7.61. The standard InChI is InChI=1S/C13H17ClN2O4S.ClH/c1-9-8-16(6-5-15-9)21(18,19)12-4-3-10(7-11(12)14)13(17)20-2;/h3-4,7,9,15H,5-6,8H2,1-2H3;1H. The average molecular weight is 369 g/mol. The first-order valence-corrected chi connectivity index (χ1v) is 8.29. The lowest BCUT2D eigenvalue weighted by atomic mass is 10.2. The number of esters is 1. The Bertz CT molecular complexity index is 651. The van der Waals surface area contributed by atoms with Crippen LogP contribution in [0.5, 0.6) is 0 Å². The van der Waals surface area contributed by atoms with Crippen molar-refractivity contribution in [3.63, 3.8) is 0 Å². The van der Waals surface area contributed by atoms with E-state index in [4.69, 9.17) is 11.6 Å². The summed E-state index contributed by atoms with van der Waals surface area (Å²) in [6, 6.07) is 4.14. The molecule has 6 nitrogen and oxygen atoms in total. The highest BCUT2D eigenvalue weighted by Crippen LogP contribution is 2.26. The number of hydrogen-bond acceptors (Lipinski definition) is 5. The number of nitrogens with zero attached hydrogens (tertiary/aromatic N) is 1. The van der Waals surface area contributed by atoms with Crippen molar-refractivity contribution < 1.29 is 17.9 Å². The smallest absolute Gasteiger partial charge is 0.337 e. The number of benzene rings is 1. The van der Waals surface area contributed by atoms with Crippen LogP contribution in [0.3, 0.4) is 0 Å². The molecule has 1 unspecified atom stereocenters. The molecule has 0 aliphatic carbocycles. The van der Waals surface area contributed by atoms with E-state index in [0.717, 1.165) is 0 Å². The summed E-state index contributed by atoms with van der Waals surface area (Å²) in [5, 5.41) is 3.20. The molecule has 1 atom stereocenters. The van der Waals surface area contributed by atoms with Gasteiger partial charge in [0.1, 0.15) is 4.90 Å². The van der Waals surface area contributed by atoms with Crippen LogP contribution in [0.1, 0.15) is 17.3 Å². The van der Waals surface area contributed by atoms with Crippen molar-refractivity contribution in [1.82, 2.24) is 9.62 Å². The van der Waals surface area contributed by atoms with Gasteiger partial charge in [-0.15, -0.1) is 12.4 Å². The molecule has 0 amide bonds. The third-order valence-electron chi connectivity index (χ3n) is 3.30. The molecule has 1 N–H and O–H groups in total. The Morgan fingerprint density at radius 2 is 2.14 bits per heavy atom. The van der Waals surface area contributed by atoms with Gasteiger partial charge in [-0.25, -0.2) is 13.2 Å². The minimum Gasteiger partial charge on any atom is -0.465 e. The normalized spacial score (nSPS) is 19.3. The second-order valence-electron chi connectivity index (χ2n) is 4.86. The van der Waals surface area contributed by atoms with E-state index in [1.165, 1.54) is 29.6 Å². The van der Waals surface area contributed by atoms with Crippen LogP contribution < -0.4 is 5.32 Å². The highest BCUT2D eigenvalue weighted by atomic mass is 35.5. The van der Waals surface area contributed by atoms with Gasteiger partial charge in [0.2, 0.25) is 10.0 Å². The first-order valence-electron chi connectivity index (χ1n) is 6.47. The Kier molecular flexibility index (Phi) is 6.64. The van der Waals surface area contributed by atoms with Crippen LogP contribution >= 0.6 is 24.0 Å². The number of nitrogens with one attached hydrogen (secondary N) is 1. The number of carbonyl (C=O) groups is 1. The third kappa shape index (κ3) is 3.91. The van der Waals surface area contributed by atoms with Crippen LogP contribution in [0.2, 0.25) is 5.02 Å². The highest BCUT2D eigenvalue weighted by Gasteiger charge is 2.30. The van der Waals surface area contributed by atoms with Gasteiger partial charge in [0.15, 0.2) is 0 Å². The van der Waals surface area contributed by atoms with Crippen molar-refractivity contribution in [3.8, 4) is 0 Å². The lowest BCUT2D eigenvalue weighted by molar-refractivity contribution is 0.0600. The van der Waals surface area contributed by atoms with E-state index >= 15 is 0 Å². The number of piperazine rings is 1. The molecule has 0 spiro atoms. The van der Waals surface area contributed by atoms with E-state index in [2.05, 4.69) is 10.1 Å². The fourth-order valence-corrected chi connectivity index (χ4v) is 4.26. The molecule has 1 heterocycles. The highest BCUT2D eigenvalue weighted by molar-refractivity contribution is 7.89. The van der Waals surface area contributed by atoms with E-state index in [1.54, 1.807) is 0 Å². The minimum absolute atomic E-state index is 0. The molecule has 9 heteroatoms. The zero-order chi connectivity index (χ0) is 15.6. The zero-order valence-electron chi connectivity index (χ0n) is 12.2. The molecule has 0 aromatic heterocycles. The molecule has 1 fully saturated rings. The second-order valence-corrected chi connectivity index (χ2v) is 7.17. The van der Waals surface area contributed by atoms with Crippen LogP contribution in [0.25, 0.3) is 0 Å². The van der Waals surface area contributed by atoms with Crippen LogP contribution in [0, 0.1) is 0 Å². The van der Waals surface area contributed by atoms with Crippen molar-refractivity contribution in [2.75, 3.05) is 26.7 Å². The van der Waals surface area contributed by atoms with Gasteiger partial charge < -0.3 is 10.1 Å². The van der Waals surface area contributed by atoms with E-state index in [-0.39, 0.29) is 33.9 Å². The molecule has 0 bridgehead atoms. The number of rotatable bonds is 3. The summed E-state index contributed by atoms with van der Waals surface area (Å²) in [6.45, 7) is 3.29. The molecule has 0 saturated carbocycles. The summed E-state index contributed by atoms with van der Waals surface area (Å²) in [6.07, 6.45) is 0. The van der Waals surface area contributed by atoms with Crippen molar-refractivity contribution in [2.45, 2.75) is 17.9 Å². The number of ether oxygens (including phenoxy) is 1. The molecule has 1 aliphatic rings. The van der Waals surface area contributed by atoms with Crippen molar-refractivity contribution in [2.24, 2.45) is 0 Å². The first kappa shape index (κ1) is 19.2. The van der Waals surface area contributed by atoms with Crippen molar-refractivity contribution >= 4 is 40.0 Å². The number of halogens is 2. The maximum Gasteiger partial charge on any atom is 0.337 e. The van der Waals surface area contributed by atoms with Gasteiger partial charge in [0.25, 0.3) is 0 Å². The lowest BCUT2D eigenvalue weighted by Gasteiger charge is -2.31. The molecule has 0 radical (unpaired) electrons. The number of methoxy groups -OCH3 is 1. The van der Waals surface area contributed by atoms with Gasteiger partial charge in [-0.05, 0) is 25.1 Å². The lowest BCUT2D eigenvalue weighted by Crippen LogP contribution is -2.51. The van der Waals surface area contributed by atoms with Crippen molar-refractivity contribution in [1.29, 1.82) is 0 Å². The molecular formula is C13H18Cl2N2O4S. The van der Waals surface area contributed by atoms with E-state index in [0.29, 0.717) is 19.6 Å². The Morgan fingerprint density at radius 1 is 1.45 bits per heavy atom. The first-order chi connectivity index (χ1) is 9.86. The molecule has 22 heavy (non-hydrogen) atoms. The number of sulfonamides is 1. The maximum atomic E-state index is 12.6. The minimum atomic E-state index is -3.67. The number of hydrogen-bond donors (Lipinski definition) is 1. The van der Waals surface area contributed by atoms with E-state index in [9.17, 15) is 13.2 Å². The van der Waals surface area contributed by atoms with Gasteiger partial charge in [-0.2, -0.15) is 4.31 Å². The van der Waals surface area contributed by atoms with Crippen LogP contribution in [0.4, 0.5) is 0 Å². The fraction of sp³-hybridized carbons (Fsp3) is 0.462. The SMILES string of the molecule is COC(=O)c1ccc(S(=O)(=O)N2CCNC(C)C2)c(Cl)c1.Cl. The topological polar surface area (TPSA) is 75.7 Å². The Balaban J connectivity index is 0.00000242. The summed E-state index contributed by atoms with van der Waals surface area (Å²) in [7, 11) is -2.41. The molecule has 1 saturated heterocycles. The molecule has 2 rings (SSSR count). The average Bonchev–Trinajstić information content (AvgIpc) is 2.46. The molecule has 1 aliphatic heterocycles. The molecule has 1 aromatic rings. The molecular weight excluding hydrogens is 351 g/mol.